The second-order valence-electron chi connectivity index (χ2n) is 3.22. The Bertz CT molecular complexity index is 357. The summed E-state index contributed by atoms with van der Waals surface area (Å²) in [7, 11) is 0. The summed E-state index contributed by atoms with van der Waals surface area (Å²) in [5.74, 6) is 0.0611. The zero-order chi connectivity index (χ0) is 10.7. The summed E-state index contributed by atoms with van der Waals surface area (Å²) in [6.07, 6.45) is 0. The molecule has 4 nitrogen and oxygen atoms in total. The van der Waals surface area contributed by atoms with Gasteiger partial charge in [-0.2, -0.15) is 0 Å². The first kappa shape index (κ1) is 10.5. The lowest BCUT2D eigenvalue weighted by molar-refractivity contribution is 1.09. The summed E-state index contributed by atoms with van der Waals surface area (Å²) >= 11 is 0. The number of pyridine rings is 1. The number of amidine groups is 1. The van der Waals surface area contributed by atoms with Gasteiger partial charge < -0.3 is 11.1 Å². The van der Waals surface area contributed by atoms with Crippen molar-refractivity contribution < 1.29 is 0 Å². The van der Waals surface area contributed by atoms with Crippen molar-refractivity contribution in [1.82, 2.24) is 4.98 Å². The second-order valence-corrected chi connectivity index (χ2v) is 3.22. The second kappa shape index (κ2) is 4.09. The lowest BCUT2D eigenvalue weighted by Crippen LogP contribution is -2.17. The molecule has 1 heterocycles. The molecule has 4 heteroatoms. The van der Waals surface area contributed by atoms with Crippen LogP contribution in [0.4, 0.5) is 5.69 Å². The molecule has 1 rings (SSSR count). The van der Waals surface area contributed by atoms with Crippen molar-refractivity contribution in [1.29, 1.82) is 5.41 Å². The number of nitrogens with two attached hydrogens (primary N) is 1. The van der Waals surface area contributed by atoms with E-state index in [1.807, 2.05) is 26.8 Å². The van der Waals surface area contributed by atoms with Crippen LogP contribution < -0.4 is 11.1 Å². The van der Waals surface area contributed by atoms with Gasteiger partial charge in [-0.1, -0.05) is 0 Å². The minimum absolute atomic E-state index is 0.0611. The van der Waals surface area contributed by atoms with Gasteiger partial charge in [-0.3, -0.25) is 10.4 Å². The fraction of sp³-hybridized carbons (Fsp3) is 0.400. The van der Waals surface area contributed by atoms with Crippen molar-refractivity contribution in [2.75, 3.05) is 11.9 Å². The van der Waals surface area contributed by atoms with E-state index in [9.17, 15) is 0 Å². The maximum atomic E-state index is 7.46. The van der Waals surface area contributed by atoms with E-state index in [1.54, 1.807) is 0 Å². The molecule has 76 valence electrons. The Morgan fingerprint density at radius 2 is 2.21 bits per heavy atom. The van der Waals surface area contributed by atoms with E-state index < -0.39 is 0 Å². The maximum Gasteiger partial charge on any atom is 0.126 e. The Balaban J connectivity index is 3.28. The molecule has 0 saturated heterocycles. The zero-order valence-corrected chi connectivity index (χ0v) is 8.81. The SMILES string of the molecule is CCNc1cc(C)nc(C)c1C(=N)N. The smallest absolute Gasteiger partial charge is 0.126 e. The molecule has 0 amide bonds. The molecule has 0 spiro atoms. The number of nitrogen functional groups attached to an aromatic ring is 1. The third-order valence-electron chi connectivity index (χ3n) is 1.96. The van der Waals surface area contributed by atoms with Crippen LogP contribution in [-0.2, 0) is 0 Å². The van der Waals surface area contributed by atoms with E-state index in [0.29, 0.717) is 5.56 Å². The monoisotopic (exact) mass is 192 g/mol. The van der Waals surface area contributed by atoms with E-state index >= 15 is 0 Å². The topological polar surface area (TPSA) is 74.8 Å². The Morgan fingerprint density at radius 1 is 1.57 bits per heavy atom. The molecule has 0 fully saturated rings. The van der Waals surface area contributed by atoms with Crippen LogP contribution in [0.3, 0.4) is 0 Å². The molecule has 0 radical (unpaired) electrons. The molecule has 1 aromatic heterocycles. The number of hydrogen-bond acceptors (Lipinski definition) is 3. The Labute approximate surface area is 84.1 Å². The molecule has 0 bridgehead atoms. The minimum atomic E-state index is 0.0611. The van der Waals surface area contributed by atoms with Crippen LogP contribution in [0.15, 0.2) is 6.07 Å². The lowest BCUT2D eigenvalue weighted by atomic mass is 10.1. The van der Waals surface area contributed by atoms with E-state index in [1.165, 1.54) is 0 Å². The van der Waals surface area contributed by atoms with Crippen LogP contribution in [0.25, 0.3) is 0 Å². The highest BCUT2D eigenvalue weighted by molar-refractivity contribution is 6.01. The summed E-state index contributed by atoms with van der Waals surface area (Å²) in [6, 6.07) is 1.91. The summed E-state index contributed by atoms with van der Waals surface area (Å²) in [5, 5.41) is 10.6. The first-order valence-corrected chi connectivity index (χ1v) is 4.62. The quantitative estimate of drug-likeness (QED) is 0.500. The van der Waals surface area contributed by atoms with Gasteiger partial charge in [-0.25, -0.2) is 0 Å². The molecule has 0 saturated carbocycles. The number of hydrogen-bond donors (Lipinski definition) is 3. The first-order valence-electron chi connectivity index (χ1n) is 4.62. The van der Waals surface area contributed by atoms with Gasteiger partial charge in [-0.15, -0.1) is 0 Å². The molecule has 0 aliphatic heterocycles. The molecular formula is C10H16N4. The van der Waals surface area contributed by atoms with Crippen molar-refractivity contribution in [2.45, 2.75) is 20.8 Å². The van der Waals surface area contributed by atoms with Gasteiger partial charge in [0.2, 0.25) is 0 Å². The van der Waals surface area contributed by atoms with Gasteiger partial charge in [0.1, 0.15) is 5.84 Å². The van der Waals surface area contributed by atoms with Gasteiger partial charge >= 0.3 is 0 Å². The average Bonchev–Trinajstić information content (AvgIpc) is 2.01. The number of rotatable bonds is 3. The number of aromatic nitrogens is 1. The van der Waals surface area contributed by atoms with Gasteiger partial charge in [0.15, 0.2) is 0 Å². The maximum absolute atomic E-state index is 7.46. The van der Waals surface area contributed by atoms with Crippen molar-refractivity contribution in [3.05, 3.63) is 23.0 Å². The Hall–Kier alpha value is -1.58. The van der Waals surface area contributed by atoms with Gasteiger partial charge in [0.05, 0.1) is 11.3 Å². The van der Waals surface area contributed by atoms with Crippen molar-refractivity contribution in [3.8, 4) is 0 Å². The van der Waals surface area contributed by atoms with Crippen LogP contribution in [0, 0.1) is 19.3 Å². The molecule has 0 aromatic carbocycles. The standard InChI is InChI=1S/C10H16N4/c1-4-13-8-5-6(2)14-7(3)9(8)10(11)12/h5H,4H2,1-3H3,(H3,11,12)(H,13,14). The molecule has 0 atom stereocenters. The van der Waals surface area contributed by atoms with Crippen LogP contribution in [0.1, 0.15) is 23.9 Å². The average molecular weight is 192 g/mol. The van der Waals surface area contributed by atoms with E-state index in [4.69, 9.17) is 11.1 Å². The Kier molecular flexibility index (Phi) is 3.06. The summed E-state index contributed by atoms with van der Waals surface area (Å²) in [5.41, 5.74) is 8.83. The molecule has 4 N–H and O–H groups in total. The summed E-state index contributed by atoms with van der Waals surface area (Å²) in [6.45, 7) is 6.61. The predicted octanol–water partition coefficient (Wildman–Crippen LogP) is 1.41. The largest absolute Gasteiger partial charge is 0.385 e. The van der Waals surface area contributed by atoms with Gasteiger partial charge in [0, 0.05) is 17.9 Å². The Morgan fingerprint density at radius 3 is 2.71 bits per heavy atom. The normalized spacial score (nSPS) is 9.93. The van der Waals surface area contributed by atoms with Crippen molar-refractivity contribution in [2.24, 2.45) is 5.73 Å². The number of nitrogens with zero attached hydrogens (tertiary/aromatic N) is 1. The fourth-order valence-electron chi connectivity index (χ4n) is 1.50. The highest BCUT2D eigenvalue weighted by Crippen LogP contribution is 2.18. The predicted molar refractivity (Wildman–Crippen MR) is 58.9 cm³/mol. The third kappa shape index (κ3) is 2.02. The highest BCUT2D eigenvalue weighted by atomic mass is 14.9. The zero-order valence-electron chi connectivity index (χ0n) is 8.81. The van der Waals surface area contributed by atoms with E-state index in [2.05, 4.69) is 10.3 Å². The van der Waals surface area contributed by atoms with Gasteiger partial charge in [0.25, 0.3) is 0 Å². The molecule has 0 unspecified atom stereocenters. The summed E-state index contributed by atoms with van der Waals surface area (Å²) in [4.78, 5) is 4.28. The molecular weight excluding hydrogens is 176 g/mol. The highest BCUT2D eigenvalue weighted by Gasteiger charge is 2.09. The van der Waals surface area contributed by atoms with Crippen LogP contribution >= 0.6 is 0 Å². The lowest BCUT2D eigenvalue weighted by Gasteiger charge is -2.12. The van der Waals surface area contributed by atoms with E-state index in [0.717, 1.165) is 23.6 Å². The minimum Gasteiger partial charge on any atom is -0.385 e. The molecule has 1 aromatic rings. The third-order valence-corrected chi connectivity index (χ3v) is 1.96. The van der Waals surface area contributed by atoms with Crippen LogP contribution in [0.2, 0.25) is 0 Å². The fourth-order valence-corrected chi connectivity index (χ4v) is 1.50. The first-order chi connectivity index (χ1) is 6.56. The van der Waals surface area contributed by atoms with E-state index in [-0.39, 0.29) is 5.84 Å². The number of anilines is 1. The number of aryl methyl sites for hydroxylation is 2. The molecule has 0 aliphatic carbocycles. The van der Waals surface area contributed by atoms with Crippen molar-refractivity contribution >= 4 is 11.5 Å². The van der Waals surface area contributed by atoms with Crippen LogP contribution in [0.5, 0.6) is 0 Å². The molecule has 14 heavy (non-hydrogen) atoms. The van der Waals surface area contributed by atoms with Crippen molar-refractivity contribution in [3.63, 3.8) is 0 Å². The summed E-state index contributed by atoms with van der Waals surface area (Å²) < 4.78 is 0. The number of nitrogens with one attached hydrogen (secondary N) is 2. The van der Waals surface area contributed by atoms with Gasteiger partial charge in [-0.05, 0) is 26.8 Å². The molecule has 0 aliphatic rings. The van der Waals surface area contributed by atoms with Crippen LogP contribution in [-0.4, -0.2) is 17.4 Å².